The van der Waals surface area contributed by atoms with Gasteiger partial charge in [-0.15, -0.1) is 0 Å². The average Bonchev–Trinajstić information content (AvgIpc) is 2.37. The molecule has 4 heteroatoms. The molecule has 1 aliphatic rings. The van der Waals surface area contributed by atoms with Crippen molar-refractivity contribution in [3.05, 3.63) is 18.2 Å². The standard InChI is InChI=1S/C15H22N2O2/c1-4-8-19-13-7-5-6-11-14(13)17-15(18)12(16-11)9-10(2)3/h5-7,10,12,16H,4,8-9H2,1-3H3,(H,17,18). The Labute approximate surface area is 114 Å². The van der Waals surface area contributed by atoms with Crippen LogP contribution < -0.4 is 15.4 Å². The molecule has 0 aliphatic carbocycles. The van der Waals surface area contributed by atoms with Crippen LogP contribution in [0.1, 0.15) is 33.6 Å². The molecular formula is C15H22N2O2. The van der Waals surface area contributed by atoms with Gasteiger partial charge in [-0.2, -0.15) is 0 Å². The van der Waals surface area contributed by atoms with E-state index in [4.69, 9.17) is 4.74 Å². The van der Waals surface area contributed by atoms with Gasteiger partial charge in [-0.25, -0.2) is 0 Å². The van der Waals surface area contributed by atoms with Gasteiger partial charge in [0.25, 0.3) is 0 Å². The third kappa shape index (κ3) is 3.19. The van der Waals surface area contributed by atoms with Gasteiger partial charge in [-0.3, -0.25) is 4.79 Å². The van der Waals surface area contributed by atoms with Crippen LogP contribution >= 0.6 is 0 Å². The van der Waals surface area contributed by atoms with Crippen molar-refractivity contribution in [2.45, 2.75) is 39.7 Å². The maximum absolute atomic E-state index is 12.1. The van der Waals surface area contributed by atoms with Crippen LogP contribution in [-0.2, 0) is 4.79 Å². The molecule has 1 atom stereocenters. The van der Waals surface area contributed by atoms with Crippen molar-refractivity contribution in [2.24, 2.45) is 5.92 Å². The molecule has 104 valence electrons. The van der Waals surface area contributed by atoms with Crippen molar-refractivity contribution in [3.8, 4) is 5.75 Å². The third-order valence-electron chi connectivity index (χ3n) is 3.09. The lowest BCUT2D eigenvalue weighted by Crippen LogP contribution is -2.39. The van der Waals surface area contributed by atoms with Gasteiger partial charge in [-0.05, 0) is 30.9 Å². The van der Waals surface area contributed by atoms with Gasteiger partial charge in [0.2, 0.25) is 5.91 Å². The minimum Gasteiger partial charge on any atom is -0.491 e. The molecule has 0 spiro atoms. The molecule has 1 aliphatic heterocycles. The van der Waals surface area contributed by atoms with Crippen molar-refractivity contribution in [1.82, 2.24) is 0 Å². The fraction of sp³-hybridized carbons (Fsp3) is 0.533. The molecule has 19 heavy (non-hydrogen) atoms. The lowest BCUT2D eigenvalue weighted by Gasteiger charge is -2.29. The molecule has 0 aromatic heterocycles. The summed E-state index contributed by atoms with van der Waals surface area (Å²) in [5.41, 5.74) is 1.71. The Kier molecular flexibility index (Phi) is 4.30. The highest BCUT2D eigenvalue weighted by Gasteiger charge is 2.27. The van der Waals surface area contributed by atoms with Crippen LogP contribution in [0.2, 0.25) is 0 Å². The number of fused-ring (bicyclic) bond motifs is 1. The number of carbonyl (C=O) groups excluding carboxylic acids is 1. The number of amides is 1. The summed E-state index contributed by atoms with van der Waals surface area (Å²) in [6, 6.07) is 5.65. The van der Waals surface area contributed by atoms with Gasteiger partial charge in [0.1, 0.15) is 17.5 Å². The Bertz CT molecular complexity index is 457. The normalized spacial score (nSPS) is 17.7. The number of hydrogen-bond donors (Lipinski definition) is 2. The molecule has 0 bridgehead atoms. The first-order valence-corrected chi connectivity index (χ1v) is 6.95. The Hall–Kier alpha value is -1.71. The number of carbonyl (C=O) groups is 1. The minimum atomic E-state index is -0.158. The Morgan fingerprint density at radius 1 is 1.37 bits per heavy atom. The van der Waals surface area contributed by atoms with Crippen molar-refractivity contribution >= 4 is 17.3 Å². The van der Waals surface area contributed by atoms with Gasteiger partial charge in [-0.1, -0.05) is 26.8 Å². The maximum Gasteiger partial charge on any atom is 0.247 e. The van der Waals surface area contributed by atoms with E-state index >= 15 is 0 Å². The smallest absolute Gasteiger partial charge is 0.247 e. The van der Waals surface area contributed by atoms with Crippen molar-refractivity contribution in [2.75, 3.05) is 17.2 Å². The largest absolute Gasteiger partial charge is 0.491 e. The molecule has 2 rings (SSSR count). The van der Waals surface area contributed by atoms with Gasteiger partial charge in [0.05, 0.1) is 12.3 Å². The second-order valence-corrected chi connectivity index (χ2v) is 5.34. The molecule has 1 heterocycles. The monoisotopic (exact) mass is 262 g/mol. The number of benzene rings is 1. The number of anilines is 2. The summed E-state index contributed by atoms with van der Waals surface area (Å²) in [4.78, 5) is 12.1. The predicted molar refractivity (Wildman–Crippen MR) is 77.7 cm³/mol. The van der Waals surface area contributed by atoms with E-state index in [1.807, 2.05) is 18.2 Å². The molecular weight excluding hydrogens is 240 g/mol. The van der Waals surface area contributed by atoms with E-state index in [0.717, 1.165) is 30.0 Å². The van der Waals surface area contributed by atoms with E-state index in [9.17, 15) is 4.79 Å². The fourth-order valence-corrected chi connectivity index (χ4v) is 2.21. The molecule has 1 aromatic rings. The summed E-state index contributed by atoms with van der Waals surface area (Å²) in [5, 5.41) is 6.27. The van der Waals surface area contributed by atoms with E-state index in [1.165, 1.54) is 0 Å². The van der Waals surface area contributed by atoms with Crippen LogP contribution in [0, 0.1) is 5.92 Å². The molecule has 0 saturated heterocycles. The second-order valence-electron chi connectivity index (χ2n) is 5.34. The summed E-state index contributed by atoms with van der Waals surface area (Å²) in [6.07, 6.45) is 1.77. The zero-order valence-electron chi connectivity index (χ0n) is 11.8. The lowest BCUT2D eigenvalue weighted by atomic mass is 10.0. The summed E-state index contributed by atoms with van der Waals surface area (Å²) in [5.74, 6) is 1.24. The Morgan fingerprint density at radius 3 is 2.84 bits per heavy atom. The number of nitrogens with one attached hydrogen (secondary N) is 2. The van der Waals surface area contributed by atoms with Gasteiger partial charge >= 0.3 is 0 Å². The first-order valence-electron chi connectivity index (χ1n) is 6.95. The zero-order valence-corrected chi connectivity index (χ0v) is 11.8. The van der Waals surface area contributed by atoms with Crippen LogP contribution in [-0.4, -0.2) is 18.6 Å². The van der Waals surface area contributed by atoms with E-state index in [0.29, 0.717) is 12.5 Å². The number of ether oxygens (including phenoxy) is 1. The van der Waals surface area contributed by atoms with E-state index < -0.39 is 0 Å². The fourth-order valence-electron chi connectivity index (χ4n) is 2.21. The maximum atomic E-state index is 12.1. The summed E-state index contributed by atoms with van der Waals surface area (Å²) in [6.45, 7) is 6.95. The minimum absolute atomic E-state index is 0.0220. The van der Waals surface area contributed by atoms with E-state index in [2.05, 4.69) is 31.4 Å². The second kappa shape index (κ2) is 5.95. The molecule has 0 fully saturated rings. The molecule has 4 nitrogen and oxygen atoms in total. The highest BCUT2D eigenvalue weighted by atomic mass is 16.5. The highest BCUT2D eigenvalue weighted by molar-refractivity contribution is 6.04. The van der Waals surface area contributed by atoms with Crippen LogP contribution in [0.15, 0.2) is 18.2 Å². The van der Waals surface area contributed by atoms with E-state index in [-0.39, 0.29) is 11.9 Å². The molecule has 2 N–H and O–H groups in total. The number of rotatable bonds is 5. The molecule has 0 radical (unpaired) electrons. The highest BCUT2D eigenvalue weighted by Crippen LogP contribution is 2.36. The van der Waals surface area contributed by atoms with Crippen LogP contribution in [0.25, 0.3) is 0 Å². The lowest BCUT2D eigenvalue weighted by molar-refractivity contribution is -0.117. The molecule has 1 aromatic carbocycles. The average molecular weight is 262 g/mol. The Morgan fingerprint density at radius 2 is 2.16 bits per heavy atom. The van der Waals surface area contributed by atoms with E-state index in [1.54, 1.807) is 0 Å². The van der Waals surface area contributed by atoms with Crippen molar-refractivity contribution in [3.63, 3.8) is 0 Å². The van der Waals surface area contributed by atoms with Gasteiger partial charge in [0, 0.05) is 0 Å². The first-order chi connectivity index (χ1) is 9.11. The van der Waals surface area contributed by atoms with Crippen molar-refractivity contribution in [1.29, 1.82) is 0 Å². The topological polar surface area (TPSA) is 50.4 Å². The predicted octanol–water partition coefficient (Wildman–Crippen LogP) is 3.25. The number of hydrogen-bond acceptors (Lipinski definition) is 3. The molecule has 1 amide bonds. The summed E-state index contributed by atoms with van der Waals surface area (Å²) < 4.78 is 5.66. The van der Waals surface area contributed by atoms with Gasteiger partial charge in [0.15, 0.2) is 0 Å². The summed E-state index contributed by atoms with van der Waals surface area (Å²) in [7, 11) is 0. The number of para-hydroxylation sites is 1. The van der Waals surface area contributed by atoms with Gasteiger partial charge < -0.3 is 15.4 Å². The Balaban J connectivity index is 2.19. The quantitative estimate of drug-likeness (QED) is 0.856. The van der Waals surface area contributed by atoms with Crippen molar-refractivity contribution < 1.29 is 9.53 Å². The van der Waals surface area contributed by atoms with Crippen LogP contribution in [0.4, 0.5) is 11.4 Å². The third-order valence-corrected chi connectivity index (χ3v) is 3.09. The van der Waals surface area contributed by atoms with Crippen LogP contribution in [0.3, 0.4) is 0 Å². The molecule has 0 saturated carbocycles. The first kappa shape index (κ1) is 13.7. The summed E-state index contributed by atoms with van der Waals surface area (Å²) >= 11 is 0. The van der Waals surface area contributed by atoms with Crippen LogP contribution in [0.5, 0.6) is 5.75 Å². The zero-order chi connectivity index (χ0) is 13.8. The SMILES string of the molecule is CCCOc1cccc2c1NC(=O)C(CC(C)C)N2. The molecule has 1 unspecified atom stereocenters.